The minimum atomic E-state index is 1.02. The molecule has 2 nitrogen and oxygen atoms in total. The Balaban J connectivity index is 2.27. The summed E-state index contributed by atoms with van der Waals surface area (Å²) in [6.07, 6.45) is 3.84. The van der Waals surface area contributed by atoms with Gasteiger partial charge >= 0.3 is 0 Å². The van der Waals surface area contributed by atoms with Gasteiger partial charge in [0.15, 0.2) is 6.54 Å². The van der Waals surface area contributed by atoms with Gasteiger partial charge in [-0.3, -0.25) is 0 Å². The average Bonchev–Trinajstić information content (AvgIpc) is 1.94. The summed E-state index contributed by atoms with van der Waals surface area (Å²) >= 11 is 4.90. The summed E-state index contributed by atoms with van der Waals surface area (Å²) in [5.74, 6) is 0. The second kappa shape index (κ2) is 2.97. The lowest BCUT2D eigenvalue weighted by atomic mass is 10.2. The fourth-order valence-electron chi connectivity index (χ4n) is 0.840. The Labute approximate surface area is 55.0 Å². The zero-order valence-corrected chi connectivity index (χ0v) is 5.71. The van der Waals surface area contributed by atoms with Crippen LogP contribution in [0.15, 0.2) is 0 Å². The monoisotopic (exact) mass is 131 g/mol. The predicted molar refractivity (Wildman–Crippen MR) is 34.3 cm³/mol. The standard InChI is InChI=1S/C5H11N2S/c8-7-5-3-1-2-4-6-7/h1-5H2,(H,6,8)/q+1. The summed E-state index contributed by atoms with van der Waals surface area (Å²) in [7, 11) is 0. The van der Waals surface area contributed by atoms with Crippen molar-refractivity contribution >= 4 is 12.4 Å². The summed E-state index contributed by atoms with van der Waals surface area (Å²) in [5.41, 5.74) is 3.09. The van der Waals surface area contributed by atoms with Gasteiger partial charge in [0.05, 0.1) is 6.54 Å². The second-order valence-corrected chi connectivity index (χ2v) is 2.51. The fraction of sp³-hybridized carbons (Fsp3) is 1.00. The molecule has 1 aliphatic rings. The Morgan fingerprint density at radius 2 is 2.12 bits per heavy atom. The SMILES string of the molecule is S=[N+]1CCCCCN1. The molecule has 1 fully saturated rings. The van der Waals surface area contributed by atoms with Crippen molar-refractivity contribution in [3.8, 4) is 0 Å². The highest BCUT2D eigenvalue weighted by Crippen LogP contribution is 1.96. The van der Waals surface area contributed by atoms with Crippen LogP contribution in [0.3, 0.4) is 0 Å². The molecule has 3 heteroatoms. The van der Waals surface area contributed by atoms with Crippen molar-refractivity contribution in [1.29, 1.82) is 0 Å². The molecular formula is C5H11N2S+. The van der Waals surface area contributed by atoms with E-state index in [4.69, 9.17) is 12.4 Å². The van der Waals surface area contributed by atoms with Crippen LogP contribution in [0.4, 0.5) is 0 Å². The molecule has 0 atom stereocenters. The molecule has 0 radical (unpaired) electrons. The van der Waals surface area contributed by atoms with Crippen LogP contribution in [-0.2, 0) is 12.4 Å². The normalized spacial score (nSPS) is 21.8. The largest absolute Gasteiger partial charge is 0.297 e. The van der Waals surface area contributed by atoms with Crippen molar-refractivity contribution in [3.05, 3.63) is 0 Å². The third-order valence-electron chi connectivity index (χ3n) is 1.33. The number of hydrogen-bond acceptors (Lipinski definition) is 1. The Morgan fingerprint density at radius 3 is 3.00 bits per heavy atom. The lowest BCUT2D eigenvalue weighted by Crippen LogP contribution is -2.25. The third kappa shape index (κ3) is 1.74. The molecule has 1 N–H and O–H groups in total. The van der Waals surface area contributed by atoms with E-state index in [9.17, 15) is 0 Å². The van der Waals surface area contributed by atoms with Crippen LogP contribution >= 0.6 is 0 Å². The minimum absolute atomic E-state index is 1.02. The van der Waals surface area contributed by atoms with Crippen molar-refractivity contribution in [3.63, 3.8) is 0 Å². The Morgan fingerprint density at radius 1 is 1.25 bits per heavy atom. The number of nitrogens with one attached hydrogen (secondary N) is 1. The maximum atomic E-state index is 4.90. The smallest absolute Gasteiger partial charge is 0.185 e. The van der Waals surface area contributed by atoms with Gasteiger partial charge in [-0.1, -0.05) is 0 Å². The van der Waals surface area contributed by atoms with Crippen LogP contribution in [0.2, 0.25) is 0 Å². The van der Waals surface area contributed by atoms with Gasteiger partial charge in [-0.05, 0) is 16.9 Å². The zero-order chi connectivity index (χ0) is 5.82. The Bertz CT molecular complexity index is 82.4. The lowest BCUT2D eigenvalue weighted by molar-refractivity contribution is -0.557. The number of rotatable bonds is 0. The van der Waals surface area contributed by atoms with E-state index in [-0.39, 0.29) is 0 Å². The Hall–Kier alpha value is -0.180. The zero-order valence-electron chi connectivity index (χ0n) is 4.89. The highest BCUT2D eigenvalue weighted by atomic mass is 32.1. The molecule has 0 saturated carbocycles. The molecule has 1 rings (SSSR count). The van der Waals surface area contributed by atoms with Crippen molar-refractivity contribution < 1.29 is 4.05 Å². The van der Waals surface area contributed by atoms with Gasteiger partial charge in [0.2, 0.25) is 0 Å². The van der Waals surface area contributed by atoms with Gasteiger partial charge in [-0.15, -0.1) is 0 Å². The van der Waals surface area contributed by atoms with Crippen molar-refractivity contribution in [1.82, 2.24) is 5.43 Å². The molecule has 0 bridgehead atoms. The highest BCUT2D eigenvalue weighted by molar-refractivity contribution is 7.44. The van der Waals surface area contributed by atoms with E-state index >= 15 is 0 Å². The maximum Gasteiger partial charge on any atom is 0.297 e. The molecule has 0 spiro atoms. The molecule has 0 amide bonds. The van der Waals surface area contributed by atoms with E-state index in [2.05, 4.69) is 5.43 Å². The molecule has 1 aliphatic heterocycles. The van der Waals surface area contributed by atoms with E-state index in [1.165, 1.54) is 19.3 Å². The third-order valence-corrected chi connectivity index (χ3v) is 1.64. The van der Waals surface area contributed by atoms with Gasteiger partial charge in [0.25, 0.3) is 12.4 Å². The van der Waals surface area contributed by atoms with E-state index in [1.54, 1.807) is 4.05 Å². The van der Waals surface area contributed by atoms with Gasteiger partial charge in [0.1, 0.15) is 0 Å². The van der Waals surface area contributed by atoms with Crippen LogP contribution < -0.4 is 5.43 Å². The van der Waals surface area contributed by atoms with E-state index in [0.717, 1.165) is 13.1 Å². The topological polar surface area (TPSA) is 15.0 Å². The van der Waals surface area contributed by atoms with E-state index in [0.29, 0.717) is 0 Å². The summed E-state index contributed by atoms with van der Waals surface area (Å²) in [5, 5.41) is 0. The van der Waals surface area contributed by atoms with Crippen molar-refractivity contribution in [2.45, 2.75) is 19.3 Å². The fourth-order valence-corrected chi connectivity index (χ4v) is 1.06. The first-order valence-electron chi connectivity index (χ1n) is 3.08. The van der Waals surface area contributed by atoms with Crippen LogP contribution in [0, 0.1) is 0 Å². The Kier molecular flexibility index (Phi) is 2.21. The summed E-state index contributed by atoms with van der Waals surface area (Å²) in [6.45, 7) is 2.08. The van der Waals surface area contributed by atoms with Crippen LogP contribution in [0.5, 0.6) is 0 Å². The molecule has 8 heavy (non-hydrogen) atoms. The molecule has 0 aromatic heterocycles. The average molecular weight is 131 g/mol. The summed E-state index contributed by atoms with van der Waals surface area (Å²) in [4.78, 5) is 0. The van der Waals surface area contributed by atoms with Crippen molar-refractivity contribution in [2.75, 3.05) is 13.1 Å². The molecule has 0 aromatic rings. The molecule has 1 heterocycles. The van der Waals surface area contributed by atoms with Crippen LogP contribution in [-0.4, -0.2) is 17.1 Å². The first-order chi connectivity index (χ1) is 3.89. The number of nitrogens with zero attached hydrogens (tertiary/aromatic N) is 1. The lowest BCUT2D eigenvalue weighted by Gasteiger charge is -1.90. The van der Waals surface area contributed by atoms with E-state index < -0.39 is 0 Å². The molecule has 0 unspecified atom stereocenters. The van der Waals surface area contributed by atoms with Crippen LogP contribution in [0.1, 0.15) is 19.3 Å². The van der Waals surface area contributed by atoms with Gasteiger partial charge in [-0.2, -0.15) is 5.43 Å². The van der Waals surface area contributed by atoms with Gasteiger partial charge < -0.3 is 0 Å². The van der Waals surface area contributed by atoms with Gasteiger partial charge in [-0.25, -0.2) is 0 Å². The number of hydrazine groups is 1. The predicted octanol–water partition coefficient (Wildman–Crippen LogP) is 0.418. The number of hydrogen-bond donors (Lipinski definition) is 1. The summed E-state index contributed by atoms with van der Waals surface area (Å²) < 4.78 is 1.76. The summed E-state index contributed by atoms with van der Waals surface area (Å²) in [6, 6.07) is 0. The first-order valence-corrected chi connectivity index (χ1v) is 3.44. The minimum Gasteiger partial charge on any atom is -0.185 e. The first kappa shape index (κ1) is 5.95. The molecular weight excluding hydrogens is 120 g/mol. The van der Waals surface area contributed by atoms with Crippen molar-refractivity contribution in [2.24, 2.45) is 0 Å². The van der Waals surface area contributed by atoms with E-state index in [1.807, 2.05) is 0 Å². The molecule has 46 valence electrons. The highest BCUT2D eigenvalue weighted by Gasteiger charge is 2.05. The molecule has 0 aromatic carbocycles. The molecule has 1 saturated heterocycles. The maximum absolute atomic E-state index is 4.90. The quantitative estimate of drug-likeness (QED) is 0.479. The second-order valence-electron chi connectivity index (χ2n) is 2.07. The van der Waals surface area contributed by atoms with Crippen LogP contribution in [0.25, 0.3) is 0 Å². The molecule has 0 aliphatic carbocycles. The van der Waals surface area contributed by atoms with Gasteiger partial charge in [0, 0.05) is 6.42 Å².